The van der Waals surface area contributed by atoms with E-state index in [2.05, 4.69) is 0 Å². The van der Waals surface area contributed by atoms with Crippen LogP contribution < -0.4 is 0 Å². The van der Waals surface area contributed by atoms with E-state index in [1.807, 2.05) is 27.7 Å². The van der Waals surface area contributed by atoms with E-state index < -0.39 is 30.3 Å². The van der Waals surface area contributed by atoms with Gasteiger partial charge >= 0.3 is 0 Å². The molecule has 1 fully saturated rings. The molecule has 0 saturated carbocycles. The number of aliphatic hydroxyl groups is 1. The maximum absolute atomic E-state index is 12.4. The highest BCUT2D eigenvalue weighted by Gasteiger charge is 2.50. The number of imide groups is 1. The smallest absolute Gasteiger partial charge is 0.252 e. The Kier molecular flexibility index (Phi) is 6.14. The van der Waals surface area contributed by atoms with Crippen molar-refractivity contribution in [1.29, 1.82) is 0 Å². The van der Waals surface area contributed by atoms with Crippen molar-refractivity contribution in [2.45, 2.75) is 64.3 Å². The Morgan fingerprint density at radius 2 is 1.92 bits per heavy atom. The monoisotopic (exact) mass is 341 g/mol. The molecule has 5 atom stereocenters. The highest BCUT2D eigenvalue weighted by Crippen LogP contribution is 2.32. The van der Waals surface area contributed by atoms with Crippen molar-refractivity contribution in [2.75, 3.05) is 13.7 Å². The van der Waals surface area contributed by atoms with Crippen LogP contribution in [0.4, 0.5) is 0 Å². The third-order valence-corrected chi connectivity index (χ3v) is 4.14. The highest BCUT2D eigenvalue weighted by atomic mass is 16.6. The van der Waals surface area contributed by atoms with Crippen molar-refractivity contribution in [1.82, 2.24) is 4.90 Å². The quantitative estimate of drug-likeness (QED) is 0.709. The summed E-state index contributed by atoms with van der Waals surface area (Å²) < 4.78 is 17.3. The first-order valence-electron chi connectivity index (χ1n) is 8.32. The van der Waals surface area contributed by atoms with Gasteiger partial charge in [0.25, 0.3) is 5.91 Å². The fourth-order valence-electron chi connectivity index (χ4n) is 2.93. The van der Waals surface area contributed by atoms with Gasteiger partial charge in [0.15, 0.2) is 0 Å². The molecule has 1 saturated heterocycles. The lowest BCUT2D eigenvalue weighted by molar-refractivity contribution is -0.148. The van der Waals surface area contributed by atoms with E-state index in [0.717, 1.165) is 4.90 Å². The van der Waals surface area contributed by atoms with E-state index in [0.29, 0.717) is 0 Å². The van der Waals surface area contributed by atoms with E-state index in [1.54, 1.807) is 0 Å². The van der Waals surface area contributed by atoms with E-state index in [-0.39, 0.29) is 30.6 Å². The molecule has 0 spiro atoms. The van der Waals surface area contributed by atoms with Gasteiger partial charge in [-0.05, 0) is 27.7 Å². The minimum atomic E-state index is -0.978. The average Bonchev–Trinajstić information content (AvgIpc) is 2.79. The Balaban J connectivity index is 2.17. The zero-order valence-corrected chi connectivity index (χ0v) is 14.8. The van der Waals surface area contributed by atoms with Crippen LogP contribution in [0.1, 0.15) is 27.7 Å². The summed E-state index contributed by atoms with van der Waals surface area (Å²) in [6.45, 7) is 7.84. The molecule has 2 aliphatic rings. The van der Waals surface area contributed by atoms with Crippen molar-refractivity contribution in [3.05, 3.63) is 12.2 Å². The van der Waals surface area contributed by atoms with Crippen LogP contribution in [-0.2, 0) is 23.8 Å². The molecule has 1 N–H and O–H groups in total. The average molecular weight is 341 g/mol. The summed E-state index contributed by atoms with van der Waals surface area (Å²) in [5, 5.41) is 10.7. The molecule has 2 unspecified atom stereocenters. The topological polar surface area (TPSA) is 85.3 Å². The summed E-state index contributed by atoms with van der Waals surface area (Å²) in [4.78, 5) is 25.0. The molecular weight excluding hydrogens is 314 g/mol. The van der Waals surface area contributed by atoms with Crippen molar-refractivity contribution in [2.24, 2.45) is 5.92 Å². The van der Waals surface area contributed by atoms with E-state index in [4.69, 9.17) is 14.2 Å². The van der Waals surface area contributed by atoms with Gasteiger partial charge in [0.1, 0.15) is 24.4 Å². The highest BCUT2D eigenvalue weighted by molar-refractivity contribution is 6.05. The summed E-state index contributed by atoms with van der Waals surface area (Å²) in [6, 6.07) is 0. The Labute approximate surface area is 142 Å². The second kappa shape index (κ2) is 7.74. The molecule has 2 aliphatic heterocycles. The zero-order valence-electron chi connectivity index (χ0n) is 14.8. The minimum absolute atomic E-state index is 0.0180. The van der Waals surface area contributed by atoms with Crippen molar-refractivity contribution in [3.63, 3.8) is 0 Å². The molecular formula is C17H27NO6. The summed E-state index contributed by atoms with van der Waals surface area (Å²) in [5.74, 6) is -1.48. The lowest BCUT2D eigenvalue weighted by Crippen LogP contribution is -2.47. The fourth-order valence-corrected chi connectivity index (χ4v) is 2.93. The van der Waals surface area contributed by atoms with E-state index in [1.165, 1.54) is 19.2 Å². The first kappa shape index (κ1) is 19.1. The number of rotatable bonds is 6. The molecule has 0 aliphatic carbocycles. The molecule has 0 aromatic heterocycles. The van der Waals surface area contributed by atoms with Crippen LogP contribution in [0.2, 0.25) is 0 Å². The molecule has 2 amide bonds. The predicted molar refractivity (Wildman–Crippen MR) is 86.2 cm³/mol. The molecule has 0 aromatic rings. The van der Waals surface area contributed by atoms with Gasteiger partial charge < -0.3 is 19.3 Å². The fraction of sp³-hybridized carbons (Fsp3) is 0.765. The number of hydrogen-bond donors (Lipinski definition) is 1. The van der Waals surface area contributed by atoms with Crippen molar-refractivity contribution < 1.29 is 28.9 Å². The number of carbonyl (C=O) groups is 2. The Hall–Kier alpha value is -1.28. The Morgan fingerprint density at radius 1 is 1.25 bits per heavy atom. The molecule has 7 nitrogen and oxygen atoms in total. The van der Waals surface area contributed by atoms with Crippen LogP contribution in [0.15, 0.2) is 12.2 Å². The number of nitrogens with zero attached hydrogens (tertiary/aromatic N) is 1. The first-order chi connectivity index (χ1) is 11.2. The molecule has 2 rings (SSSR count). The summed E-state index contributed by atoms with van der Waals surface area (Å²) in [7, 11) is 1.42. The number of ether oxygens (including phenoxy) is 3. The zero-order chi connectivity index (χ0) is 18.0. The maximum Gasteiger partial charge on any atom is 0.252 e. The molecule has 136 valence electrons. The van der Waals surface area contributed by atoms with Gasteiger partial charge in [-0.15, -0.1) is 0 Å². The molecule has 0 radical (unpaired) electrons. The van der Waals surface area contributed by atoms with Crippen LogP contribution >= 0.6 is 0 Å². The molecule has 2 heterocycles. The molecule has 0 aromatic carbocycles. The van der Waals surface area contributed by atoms with Crippen LogP contribution in [-0.4, -0.2) is 72.1 Å². The number of aliphatic hydroxyl groups excluding tert-OH is 1. The lowest BCUT2D eigenvalue weighted by atomic mass is 9.92. The second-order valence-corrected chi connectivity index (χ2v) is 6.78. The largest absolute Gasteiger partial charge is 0.388 e. The van der Waals surface area contributed by atoms with Crippen LogP contribution in [0.5, 0.6) is 0 Å². The lowest BCUT2D eigenvalue weighted by Gasteiger charge is -2.28. The van der Waals surface area contributed by atoms with E-state index >= 15 is 0 Å². The van der Waals surface area contributed by atoms with Gasteiger partial charge in [0.05, 0.1) is 24.7 Å². The Bertz CT molecular complexity index is 503. The van der Waals surface area contributed by atoms with Gasteiger partial charge in [0, 0.05) is 13.1 Å². The van der Waals surface area contributed by atoms with E-state index in [9.17, 15) is 14.7 Å². The standard InChI is InChI=1S/C17H27NO6/c1-9(2)22-8-12-16(23-10(3)4)14(20)15(24-12)11-6-7-13(19)18(5)17(11)21/h6-7,9-12,14-16,20H,8H2,1-5H3/t11?,12-,14-,15-,16?/m1/s1. The summed E-state index contributed by atoms with van der Waals surface area (Å²) in [5.41, 5.74) is 0. The normalized spacial score (nSPS) is 34.0. The van der Waals surface area contributed by atoms with Gasteiger partial charge in [-0.2, -0.15) is 0 Å². The number of hydrogen-bond acceptors (Lipinski definition) is 6. The first-order valence-corrected chi connectivity index (χ1v) is 8.32. The number of likely N-dealkylation sites (N-methyl/N-ethyl adjacent to an activating group) is 1. The molecule has 0 bridgehead atoms. The van der Waals surface area contributed by atoms with Crippen LogP contribution in [0.25, 0.3) is 0 Å². The van der Waals surface area contributed by atoms with Gasteiger partial charge in [-0.3, -0.25) is 14.5 Å². The summed E-state index contributed by atoms with van der Waals surface area (Å²) in [6.07, 6.45) is -0.0615. The number of amides is 2. The second-order valence-electron chi connectivity index (χ2n) is 6.78. The van der Waals surface area contributed by atoms with Crippen LogP contribution in [0.3, 0.4) is 0 Å². The minimum Gasteiger partial charge on any atom is -0.388 e. The van der Waals surface area contributed by atoms with Crippen molar-refractivity contribution >= 4 is 11.8 Å². The Morgan fingerprint density at radius 3 is 2.50 bits per heavy atom. The predicted octanol–water partition coefficient (Wildman–Crippen LogP) is 0.504. The molecule has 7 heteroatoms. The maximum atomic E-state index is 12.4. The van der Waals surface area contributed by atoms with Gasteiger partial charge in [0.2, 0.25) is 5.91 Å². The van der Waals surface area contributed by atoms with Gasteiger partial charge in [-0.1, -0.05) is 6.08 Å². The van der Waals surface area contributed by atoms with Crippen LogP contribution in [0, 0.1) is 5.92 Å². The molecule has 24 heavy (non-hydrogen) atoms. The van der Waals surface area contributed by atoms with Crippen molar-refractivity contribution in [3.8, 4) is 0 Å². The third kappa shape index (κ3) is 4.03. The van der Waals surface area contributed by atoms with Gasteiger partial charge in [-0.25, -0.2) is 0 Å². The SMILES string of the molecule is CC(C)OC[C@H]1O[C@H](C2C=CC(=O)N(C)C2=O)[C@@H](O)C1OC(C)C. The third-order valence-electron chi connectivity index (χ3n) is 4.14. The number of carbonyl (C=O) groups excluding carboxylic acids is 2. The summed E-state index contributed by atoms with van der Waals surface area (Å²) >= 11 is 0.